The van der Waals surface area contributed by atoms with Crippen molar-refractivity contribution in [2.75, 3.05) is 17.4 Å². The third-order valence-corrected chi connectivity index (χ3v) is 9.78. The number of hydrogen-bond donors (Lipinski definition) is 2. The zero-order chi connectivity index (χ0) is 34.6. The van der Waals surface area contributed by atoms with E-state index in [0.717, 1.165) is 41.8 Å². The number of benzene rings is 2. The van der Waals surface area contributed by atoms with Crippen LogP contribution < -0.4 is 45.5 Å². The van der Waals surface area contributed by atoms with Crippen molar-refractivity contribution in [2.45, 2.75) is 120 Å². The Hall–Kier alpha value is -0.960. The molecule has 0 aromatic heterocycles. The number of nitrogens with one attached hydrogen (secondary N) is 2. The third kappa shape index (κ3) is 16.1. The van der Waals surface area contributed by atoms with Crippen LogP contribution in [0.15, 0.2) is 63.1 Å². The Morgan fingerprint density at radius 1 is 0.796 bits per heavy atom. The van der Waals surface area contributed by atoms with Gasteiger partial charge >= 0.3 is 29.6 Å². The molecule has 0 bridgehead atoms. The van der Waals surface area contributed by atoms with Crippen LogP contribution in [0.4, 0.5) is 11.4 Å². The average molecular weight is 765 g/mol. The van der Waals surface area contributed by atoms with Gasteiger partial charge in [0.25, 0.3) is 0 Å². The molecule has 2 N–H and O–H groups in total. The van der Waals surface area contributed by atoms with Gasteiger partial charge in [-0.05, 0) is 56.7 Å². The van der Waals surface area contributed by atoms with Crippen LogP contribution in [0.3, 0.4) is 0 Å². The number of hydrogen-bond acceptors (Lipinski definition) is 11. The van der Waals surface area contributed by atoms with E-state index in [2.05, 4.69) is 22.7 Å². The van der Waals surface area contributed by atoms with Gasteiger partial charge in [-0.3, -0.25) is 4.79 Å². The van der Waals surface area contributed by atoms with Crippen molar-refractivity contribution in [1.29, 1.82) is 0 Å². The fourth-order valence-corrected chi connectivity index (χ4v) is 6.35. The van der Waals surface area contributed by atoms with Crippen LogP contribution in [0, 0.1) is 5.41 Å². The van der Waals surface area contributed by atoms with Gasteiger partial charge in [-0.15, -0.1) is 15.6 Å². The summed E-state index contributed by atoms with van der Waals surface area (Å²) in [6.45, 7) is 6.20. The van der Waals surface area contributed by atoms with E-state index in [1.807, 2.05) is 6.07 Å². The molecule has 0 fully saturated rings. The molecule has 2 aromatic rings. The molecule has 2 aromatic carbocycles. The molecular formula is C35H48Cl2N3NaO6S2. The monoisotopic (exact) mass is 763 g/mol. The third-order valence-electron chi connectivity index (χ3n) is 7.94. The Morgan fingerprint density at radius 2 is 1.37 bits per heavy atom. The van der Waals surface area contributed by atoms with E-state index in [9.17, 15) is 9.90 Å². The number of halogens is 2. The topological polar surface area (TPSA) is 113 Å². The summed E-state index contributed by atoms with van der Waals surface area (Å²) in [6.07, 6.45) is 18.8. The van der Waals surface area contributed by atoms with Gasteiger partial charge in [-0.1, -0.05) is 114 Å². The molecular weight excluding hydrogens is 716 g/mol. The van der Waals surface area contributed by atoms with Gasteiger partial charge in [0, 0.05) is 9.79 Å². The minimum atomic E-state index is -0.961. The Kier molecular flexibility index (Phi) is 22.6. The first-order valence-corrected chi connectivity index (χ1v) is 19.0. The van der Waals surface area contributed by atoms with Gasteiger partial charge in [-0.25, -0.2) is 15.4 Å². The van der Waals surface area contributed by atoms with Crippen molar-refractivity contribution in [1.82, 2.24) is 0 Å². The first kappa shape index (κ1) is 44.2. The number of allylic oxidation sites excluding steroid dienone is 1. The molecule has 266 valence electrons. The molecule has 0 radical (unpaired) electrons. The molecule has 0 aliphatic carbocycles. The molecule has 0 saturated carbocycles. The second-order valence-corrected chi connectivity index (χ2v) is 14.6. The minimum Gasteiger partial charge on any atom is -0.876 e. The Bertz CT molecular complexity index is 1350. The maximum atomic E-state index is 12.3. The number of Topliss-reactive ketones (excluding diaryl/α,β-unsaturated/α-hetero) is 1. The number of anilines is 2. The number of ketones is 1. The summed E-state index contributed by atoms with van der Waals surface area (Å²) in [5, 5.41) is 15.0. The van der Waals surface area contributed by atoms with Gasteiger partial charge in [0.05, 0.1) is 63.2 Å². The summed E-state index contributed by atoms with van der Waals surface area (Å²) in [5.41, 5.74) is 2.60. The van der Waals surface area contributed by atoms with Crippen molar-refractivity contribution in [2.24, 2.45) is 10.4 Å². The minimum absolute atomic E-state index is 0. The quantitative estimate of drug-likeness (QED) is 0.0207. The van der Waals surface area contributed by atoms with Crippen LogP contribution in [-0.4, -0.2) is 18.2 Å². The van der Waals surface area contributed by atoms with E-state index >= 15 is 0 Å². The van der Waals surface area contributed by atoms with E-state index in [4.69, 9.17) is 41.7 Å². The number of rotatable bonds is 24. The second-order valence-electron chi connectivity index (χ2n) is 12.2. The van der Waals surface area contributed by atoms with Gasteiger partial charge in [-0.2, -0.15) is 4.33 Å². The van der Waals surface area contributed by atoms with Crippen LogP contribution in [0.5, 0.6) is 0 Å². The molecule has 0 amide bonds. The number of aliphatic imine (C=N–C) groups is 1. The maximum Gasteiger partial charge on any atom is 1.00 e. The largest absolute Gasteiger partial charge is 1.00 e. The summed E-state index contributed by atoms with van der Waals surface area (Å²) in [4.78, 5) is 28.3. The molecule has 49 heavy (non-hydrogen) atoms. The standard InChI is InChI=1S/C35H49Cl2N3O6S2.Na/c1-4-5-6-7-8-9-10-11-12-13-14-15-16-17-22-43-45-47-27-18-20-28(36)31(24-27)40-44-46-48-26-19-21-30(29(37)23-26)38-34-35(2,3)33(42)32(25-41)39-34;/h18-21,23-25,40-41H,4-17,22H2,1-3H3,(H,38,39);/q;+1/p-1/b32-25+;. The SMILES string of the molecule is CCCCCCCCCCCCCCCCOOSc1ccc(Cl)c(NOOSc2ccc(NC3=N/C(=C/[O-])C(=O)C3(C)C)c(Cl)c2)c1.[Na+]. The zero-order valence-corrected chi connectivity index (χ0v) is 34.3. The van der Waals surface area contributed by atoms with Gasteiger partial charge in [0.2, 0.25) is 0 Å². The van der Waals surface area contributed by atoms with Crippen LogP contribution in [0.1, 0.15) is 111 Å². The van der Waals surface area contributed by atoms with Crippen molar-refractivity contribution in [3.63, 3.8) is 0 Å². The Balaban J connectivity index is 0.00000833. The first-order valence-electron chi connectivity index (χ1n) is 16.8. The number of carbonyl (C=O) groups is 1. The smallest absolute Gasteiger partial charge is 0.876 e. The van der Waals surface area contributed by atoms with Crippen LogP contribution in [0.25, 0.3) is 0 Å². The van der Waals surface area contributed by atoms with E-state index in [1.54, 1.807) is 44.2 Å². The molecule has 1 heterocycles. The zero-order valence-electron chi connectivity index (χ0n) is 29.1. The second kappa shape index (κ2) is 25.1. The molecule has 1 aliphatic rings. The average Bonchev–Trinajstić information content (AvgIpc) is 3.29. The normalized spacial score (nSPS) is 14.6. The number of carbonyl (C=O) groups excluding carboxylic acids is 1. The van der Waals surface area contributed by atoms with Gasteiger partial charge in [0.1, 0.15) is 5.84 Å². The number of nitrogens with zero attached hydrogens (tertiary/aromatic N) is 1. The van der Waals surface area contributed by atoms with Crippen LogP contribution in [0.2, 0.25) is 10.0 Å². The van der Waals surface area contributed by atoms with Crippen LogP contribution >= 0.6 is 47.3 Å². The molecule has 3 rings (SSSR count). The van der Waals surface area contributed by atoms with Crippen molar-refractivity contribution in [3.8, 4) is 0 Å². The summed E-state index contributed by atoms with van der Waals surface area (Å²) < 4.78 is 10.5. The molecule has 0 spiro atoms. The summed E-state index contributed by atoms with van der Waals surface area (Å²) in [5.74, 6) is 0.00166. The molecule has 0 atom stereocenters. The van der Waals surface area contributed by atoms with E-state index in [1.165, 1.54) is 77.0 Å². The van der Waals surface area contributed by atoms with Gasteiger partial charge in [0.15, 0.2) is 5.78 Å². The predicted molar refractivity (Wildman–Crippen MR) is 196 cm³/mol. The predicted octanol–water partition coefficient (Wildman–Crippen LogP) is 8.04. The van der Waals surface area contributed by atoms with Crippen molar-refractivity contribution >= 4 is 70.3 Å². The molecule has 0 unspecified atom stereocenters. The Labute approximate surface area is 332 Å². The fourth-order valence-electron chi connectivity index (χ4n) is 4.98. The van der Waals surface area contributed by atoms with Crippen molar-refractivity contribution in [3.05, 3.63) is 58.4 Å². The fraction of sp³-hybridized carbons (Fsp3) is 0.543. The maximum absolute atomic E-state index is 12.3. The number of amidine groups is 1. The Morgan fingerprint density at radius 3 is 1.96 bits per heavy atom. The first-order chi connectivity index (χ1) is 23.3. The van der Waals surface area contributed by atoms with Crippen LogP contribution in [-0.2, 0) is 23.3 Å². The van der Waals surface area contributed by atoms with E-state index in [0.29, 0.717) is 45.0 Å². The van der Waals surface area contributed by atoms with Gasteiger partial charge < -0.3 is 10.4 Å². The molecule has 1 aliphatic heterocycles. The summed E-state index contributed by atoms with van der Waals surface area (Å²) in [6, 6.07) is 10.4. The summed E-state index contributed by atoms with van der Waals surface area (Å²) in [7, 11) is 0. The van der Waals surface area contributed by atoms with E-state index in [-0.39, 0.29) is 41.0 Å². The van der Waals surface area contributed by atoms with E-state index < -0.39 is 5.41 Å². The van der Waals surface area contributed by atoms with Crippen molar-refractivity contribution < 1.29 is 58.0 Å². The molecule has 9 nitrogen and oxygen atoms in total. The molecule has 0 saturated heterocycles. The summed E-state index contributed by atoms with van der Waals surface area (Å²) >= 11 is 14.7. The number of unbranched alkanes of at least 4 members (excludes halogenated alkanes) is 13. The molecule has 14 heteroatoms.